The molecule has 3 rings (SSSR count). The molecule has 0 aliphatic heterocycles. The van der Waals surface area contributed by atoms with Crippen molar-refractivity contribution >= 4 is 21.6 Å². The fraction of sp³-hybridized carbons (Fsp3) is 0.333. The first-order valence-corrected chi connectivity index (χ1v) is 7.64. The molecule has 3 aromatic rings. The maximum absolute atomic E-state index is 4.68. The summed E-state index contributed by atoms with van der Waals surface area (Å²) in [5, 5.41) is 8.96. The van der Waals surface area contributed by atoms with Crippen molar-refractivity contribution in [1.82, 2.24) is 20.1 Å². The minimum atomic E-state index is 0.860. The Balaban J connectivity index is 2.05. The number of hydrogen-bond acceptors (Lipinski definition) is 4. The van der Waals surface area contributed by atoms with Crippen LogP contribution in [-0.2, 0) is 6.54 Å². The number of aryl methyl sites for hydroxylation is 1. The Morgan fingerprint density at radius 3 is 2.80 bits per heavy atom. The molecule has 0 unspecified atom stereocenters. The zero-order valence-electron chi connectivity index (χ0n) is 12.0. The van der Waals surface area contributed by atoms with Crippen molar-refractivity contribution < 1.29 is 0 Å². The predicted octanol–water partition coefficient (Wildman–Crippen LogP) is 3.21. The molecule has 0 spiro atoms. The second-order valence-corrected chi connectivity index (χ2v) is 5.81. The minimum absolute atomic E-state index is 0.860. The monoisotopic (exact) mass is 286 g/mol. The van der Waals surface area contributed by atoms with Gasteiger partial charge in [0, 0.05) is 17.8 Å². The highest BCUT2D eigenvalue weighted by atomic mass is 32.1. The Morgan fingerprint density at radius 1 is 1.25 bits per heavy atom. The normalized spacial score (nSPS) is 11.3. The van der Waals surface area contributed by atoms with E-state index in [2.05, 4.69) is 42.2 Å². The largest absolute Gasteiger partial charge is 0.313 e. The molecule has 20 heavy (non-hydrogen) atoms. The van der Waals surface area contributed by atoms with Gasteiger partial charge in [-0.2, -0.15) is 5.10 Å². The number of hydrogen-bond donors (Lipinski definition) is 1. The van der Waals surface area contributed by atoms with Crippen molar-refractivity contribution in [2.45, 2.75) is 27.3 Å². The number of nitrogens with zero attached hydrogens (tertiary/aromatic N) is 3. The summed E-state index contributed by atoms with van der Waals surface area (Å²) < 4.78 is 3.16. The molecular weight excluding hydrogens is 268 g/mol. The van der Waals surface area contributed by atoms with Crippen molar-refractivity contribution in [2.75, 3.05) is 6.54 Å². The van der Waals surface area contributed by atoms with Crippen LogP contribution in [0, 0.1) is 13.8 Å². The molecule has 5 heteroatoms. The zero-order valence-corrected chi connectivity index (χ0v) is 12.8. The summed E-state index contributed by atoms with van der Waals surface area (Å²) >= 11 is 1.68. The Kier molecular flexibility index (Phi) is 3.54. The fourth-order valence-corrected chi connectivity index (χ4v) is 3.29. The van der Waals surface area contributed by atoms with Crippen molar-refractivity contribution in [2.24, 2.45) is 0 Å². The summed E-state index contributed by atoms with van der Waals surface area (Å²) in [6, 6.07) is 8.20. The molecule has 1 N–H and O–H groups in total. The molecule has 0 atom stereocenters. The molecule has 104 valence electrons. The van der Waals surface area contributed by atoms with Crippen molar-refractivity contribution in [3.8, 4) is 5.13 Å². The third-order valence-electron chi connectivity index (χ3n) is 3.46. The first-order valence-electron chi connectivity index (χ1n) is 6.82. The molecule has 0 radical (unpaired) electrons. The number of benzene rings is 1. The Labute approximate surface area is 122 Å². The molecule has 0 saturated heterocycles. The number of rotatable bonds is 4. The second-order valence-electron chi connectivity index (χ2n) is 4.81. The summed E-state index contributed by atoms with van der Waals surface area (Å²) in [6.07, 6.45) is 0. The fourth-order valence-electron chi connectivity index (χ4n) is 2.32. The molecule has 0 bridgehead atoms. The first kappa shape index (κ1) is 13.3. The van der Waals surface area contributed by atoms with Crippen molar-refractivity contribution in [3.63, 3.8) is 0 Å². The highest BCUT2D eigenvalue weighted by molar-refractivity contribution is 7.20. The lowest BCUT2D eigenvalue weighted by Gasteiger charge is -2.02. The molecule has 1 aromatic carbocycles. The molecule has 0 amide bonds. The summed E-state index contributed by atoms with van der Waals surface area (Å²) in [6.45, 7) is 8.11. The van der Waals surface area contributed by atoms with Crippen LogP contribution in [0.25, 0.3) is 15.3 Å². The van der Waals surface area contributed by atoms with Gasteiger partial charge in [-0.15, -0.1) is 0 Å². The van der Waals surface area contributed by atoms with Gasteiger partial charge in [0.15, 0.2) is 0 Å². The van der Waals surface area contributed by atoms with Gasteiger partial charge < -0.3 is 5.32 Å². The van der Waals surface area contributed by atoms with E-state index in [1.54, 1.807) is 11.3 Å². The number of fused-ring (bicyclic) bond motifs is 1. The van der Waals surface area contributed by atoms with E-state index in [9.17, 15) is 0 Å². The summed E-state index contributed by atoms with van der Waals surface area (Å²) in [7, 11) is 0. The lowest BCUT2D eigenvalue weighted by Crippen LogP contribution is -2.13. The van der Waals surface area contributed by atoms with Crippen LogP contribution < -0.4 is 5.32 Å². The SMILES string of the molecule is CCNCc1c(C)nn(-c2nc3ccccc3s2)c1C. The van der Waals surface area contributed by atoms with Crippen LogP contribution in [0.3, 0.4) is 0 Å². The standard InChI is InChI=1S/C15H18N4S/c1-4-16-9-12-10(2)18-19(11(12)3)15-17-13-7-5-6-8-14(13)20-15/h5-8,16H,4,9H2,1-3H3. The van der Waals surface area contributed by atoms with Gasteiger partial charge in [-0.05, 0) is 32.5 Å². The van der Waals surface area contributed by atoms with Crippen LogP contribution in [0.1, 0.15) is 23.9 Å². The third kappa shape index (κ3) is 2.23. The van der Waals surface area contributed by atoms with Crippen molar-refractivity contribution in [3.05, 3.63) is 41.2 Å². The smallest absolute Gasteiger partial charge is 0.211 e. The van der Waals surface area contributed by atoms with Crippen LogP contribution in [0.5, 0.6) is 0 Å². The molecule has 2 heterocycles. The molecular formula is C15H18N4S. The third-order valence-corrected chi connectivity index (χ3v) is 4.47. The zero-order chi connectivity index (χ0) is 14.1. The van der Waals surface area contributed by atoms with Crippen LogP contribution in [-0.4, -0.2) is 21.3 Å². The highest BCUT2D eigenvalue weighted by Gasteiger charge is 2.15. The highest BCUT2D eigenvalue weighted by Crippen LogP contribution is 2.26. The number of nitrogens with one attached hydrogen (secondary N) is 1. The second kappa shape index (κ2) is 5.34. The van der Waals surface area contributed by atoms with Crippen LogP contribution in [0.4, 0.5) is 0 Å². The average molecular weight is 286 g/mol. The summed E-state index contributed by atoms with van der Waals surface area (Å²) in [4.78, 5) is 4.68. The molecule has 2 aromatic heterocycles. The topological polar surface area (TPSA) is 42.7 Å². The maximum Gasteiger partial charge on any atom is 0.211 e. The Bertz CT molecular complexity index is 708. The van der Waals surface area contributed by atoms with Gasteiger partial charge in [0.05, 0.1) is 15.9 Å². The average Bonchev–Trinajstić information content (AvgIpc) is 2.98. The first-order chi connectivity index (χ1) is 9.70. The van der Waals surface area contributed by atoms with Gasteiger partial charge in [-0.1, -0.05) is 30.4 Å². The van der Waals surface area contributed by atoms with Gasteiger partial charge in [-0.3, -0.25) is 0 Å². The van der Waals surface area contributed by atoms with Crippen LogP contribution >= 0.6 is 11.3 Å². The van der Waals surface area contributed by atoms with E-state index in [0.29, 0.717) is 0 Å². The quantitative estimate of drug-likeness (QED) is 0.801. The van der Waals surface area contributed by atoms with Crippen molar-refractivity contribution in [1.29, 1.82) is 0 Å². The van der Waals surface area contributed by atoms with E-state index in [-0.39, 0.29) is 0 Å². The predicted molar refractivity (Wildman–Crippen MR) is 83.6 cm³/mol. The minimum Gasteiger partial charge on any atom is -0.313 e. The molecule has 0 saturated carbocycles. The summed E-state index contributed by atoms with van der Waals surface area (Å²) in [5.74, 6) is 0. The van der Waals surface area contributed by atoms with Crippen LogP contribution in [0.15, 0.2) is 24.3 Å². The van der Waals surface area contributed by atoms with E-state index in [1.807, 2.05) is 22.9 Å². The molecule has 4 nitrogen and oxygen atoms in total. The lowest BCUT2D eigenvalue weighted by molar-refractivity contribution is 0.719. The van der Waals surface area contributed by atoms with Gasteiger partial charge in [0.1, 0.15) is 0 Å². The van der Waals surface area contributed by atoms with E-state index in [0.717, 1.165) is 29.4 Å². The maximum atomic E-state index is 4.68. The number of thiazole rings is 1. The van der Waals surface area contributed by atoms with Gasteiger partial charge in [0.2, 0.25) is 5.13 Å². The van der Waals surface area contributed by atoms with E-state index < -0.39 is 0 Å². The van der Waals surface area contributed by atoms with E-state index >= 15 is 0 Å². The van der Waals surface area contributed by atoms with Crippen LogP contribution in [0.2, 0.25) is 0 Å². The Morgan fingerprint density at radius 2 is 2.05 bits per heavy atom. The molecule has 0 aliphatic carbocycles. The number of aromatic nitrogens is 3. The van der Waals surface area contributed by atoms with E-state index in [1.165, 1.54) is 16.0 Å². The number of para-hydroxylation sites is 1. The Hall–Kier alpha value is -1.72. The summed E-state index contributed by atoms with van der Waals surface area (Å²) in [5.41, 5.74) is 4.55. The van der Waals surface area contributed by atoms with E-state index in [4.69, 9.17) is 0 Å². The molecule has 0 fully saturated rings. The van der Waals surface area contributed by atoms with Gasteiger partial charge in [-0.25, -0.2) is 9.67 Å². The lowest BCUT2D eigenvalue weighted by atomic mass is 10.2. The molecule has 0 aliphatic rings. The van der Waals surface area contributed by atoms with Gasteiger partial charge in [0.25, 0.3) is 0 Å². The van der Waals surface area contributed by atoms with Gasteiger partial charge >= 0.3 is 0 Å².